The number of rotatable bonds is 3. The SMILES string of the molecule is CCOC(CC(N)=O)=NC#N. The van der Waals surface area contributed by atoms with Crippen LogP contribution < -0.4 is 5.73 Å². The predicted octanol–water partition coefficient (Wildman–Crippen LogP) is -0.222. The fraction of sp³-hybridized carbons (Fsp3) is 0.500. The van der Waals surface area contributed by atoms with Crippen LogP contribution in [-0.2, 0) is 9.53 Å². The molecule has 0 fully saturated rings. The second-order valence-electron chi connectivity index (χ2n) is 1.68. The van der Waals surface area contributed by atoms with Gasteiger partial charge in [0.2, 0.25) is 18.0 Å². The van der Waals surface area contributed by atoms with Crippen molar-refractivity contribution < 1.29 is 9.53 Å². The number of carbonyl (C=O) groups is 1. The summed E-state index contributed by atoms with van der Waals surface area (Å²) >= 11 is 0. The van der Waals surface area contributed by atoms with Gasteiger partial charge in [0.25, 0.3) is 0 Å². The van der Waals surface area contributed by atoms with Crippen molar-refractivity contribution in [2.24, 2.45) is 10.7 Å². The lowest BCUT2D eigenvalue weighted by molar-refractivity contribution is -0.117. The van der Waals surface area contributed by atoms with Crippen molar-refractivity contribution in [3.05, 3.63) is 0 Å². The predicted molar refractivity (Wildman–Crippen MR) is 38.5 cm³/mol. The lowest BCUT2D eigenvalue weighted by Crippen LogP contribution is -2.18. The summed E-state index contributed by atoms with van der Waals surface area (Å²) in [4.78, 5) is 13.6. The lowest BCUT2D eigenvalue weighted by atomic mass is 10.4. The van der Waals surface area contributed by atoms with Crippen LogP contribution in [0.3, 0.4) is 0 Å². The highest BCUT2D eigenvalue weighted by Crippen LogP contribution is 1.88. The molecule has 0 aromatic heterocycles. The van der Waals surface area contributed by atoms with Crippen LogP contribution >= 0.6 is 0 Å². The zero-order valence-corrected chi connectivity index (χ0v) is 6.20. The number of nitrogens with two attached hydrogens (primary N) is 1. The standard InChI is InChI=1S/C6H9N3O2/c1-2-11-6(9-4-7)3-5(8)10/h2-3H2,1H3,(H2,8,10). The molecule has 5 nitrogen and oxygen atoms in total. The molecule has 2 N–H and O–H groups in total. The number of hydrogen-bond acceptors (Lipinski definition) is 4. The second kappa shape index (κ2) is 5.23. The van der Waals surface area contributed by atoms with Gasteiger partial charge in [0.05, 0.1) is 6.61 Å². The highest BCUT2D eigenvalue weighted by atomic mass is 16.5. The molecule has 0 aromatic carbocycles. The van der Waals surface area contributed by atoms with Crippen LogP contribution in [0.4, 0.5) is 0 Å². The van der Waals surface area contributed by atoms with Gasteiger partial charge in [-0.15, -0.1) is 4.99 Å². The summed E-state index contributed by atoms with van der Waals surface area (Å²) in [5.74, 6) is -0.491. The van der Waals surface area contributed by atoms with Crippen molar-refractivity contribution in [2.45, 2.75) is 13.3 Å². The number of primary amides is 1. The summed E-state index contributed by atoms with van der Waals surface area (Å²) in [5.41, 5.74) is 4.84. The number of amides is 1. The van der Waals surface area contributed by atoms with Gasteiger partial charge in [0, 0.05) is 0 Å². The molecule has 0 aliphatic rings. The quantitative estimate of drug-likeness (QED) is 0.347. The zero-order chi connectivity index (χ0) is 8.69. The van der Waals surface area contributed by atoms with Crippen LogP contribution in [0.1, 0.15) is 13.3 Å². The molecule has 0 unspecified atom stereocenters. The van der Waals surface area contributed by atoms with Gasteiger partial charge >= 0.3 is 0 Å². The molecule has 0 rings (SSSR count). The third-order valence-corrected chi connectivity index (χ3v) is 0.811. The monoisotopic (exact) mass is 155 g/mol. The minimum atomic E-state index is -0.563. The molecule has 0 atom stereocenters. The van der Waals surface area contributed by atoms with Crippen molar-refractivity contribution >= 4 is 11.8 Å². The van der Waals surface area contributed by atoms with Crippen molar-refractivity contribution in [3.8, 4) is 6.19 Å². The van der Waals surface area contributed by atoms with Gasteiger partial charge in [-0.25, -0.2) is 0 Å². The Morgan fingerprint density at radius 2 is 2.45 bits per heavy atom. The van der Waals surface area contributed by atoms with Crippen LogP contribution in [0.15, 0.2) is 4.99 Å². The van der Waals surface area contributed by atoms with Crippen molar-refractivity contribution in [2.75, 3.05) is 6.61 Å². The van der Waals surface area contributed by atoms with Crippen LogP contribution in [0.5, 0.6) is 0 Å². The summed E-state index contributed by atoms with van der Waals surface area (Å²) in [5, 5.41) is 8.11. The van der Waals surface area contributed by atoms with Gasteiger partial charge in [0.15, 0.2) is 0 Å². The third-order valence-electron chi connectivity index (χ3n) is 0.811. The molecule has 0 heterocycles. The lowest BCUT2D eigenvalue weighted by Gasteiger charge is -2.01. The first-order valence-electron chi connectivity index (χ1n) is 3.07. The number of aliphatic imine (C=N–C) groups is 1. The van der Waals surface area contributed by atoms with Crippen LogP contribution in [0.25, 0.3) is 0 Å². The summed E-state index contributed by atoms with van der Waals surface area (Å²) in [6.07, 6.45) is 1.39. The first-order valence-corrected chi connectivity index (χ1v) is 3.07. The van der Waals surface area contributed by atoms with Gasteiger partial charge in [-0.2, -0.15) is 5.26 Å². The Hall–Kier alpha value is -1.57. The van der Waals surface area contributed by atoms with E-state index in [1.807, 2.05) is 0 Å². The number of carbonyl (C=O) groups excluding carboxylic acids is 1. The number of nitrogens with zero attached hydrogens (tertiary/aromatic N) is 2. The molecule has 11 heavy (non-hydrogen) atoms. The van der Waals surface area contributed by atoms with Gasteiger partial charge in [-0.3, -0.25) is 4.79 Å². The van der Waals surface area contributed by atoms with Gasteiger partial charge in [-0.05, 0) is 6.92 Å². The van der Waals surface area contributed by atoms with Crippen molar-refractivity contribution in [1.29, 1.82) is 5.26 Å². The van der Waals surface area contributed by atoms with E-state index in [4.69, 9.17) is 15.7 Å². The maximum atomic E-state index is 10.3. The van der Waals surface area contributed by atoms with E-state index in [2.05, 4.69) is 4.99 Å². The molecule has 0 saturated carbocycles. The molecule has 0 aliphatic carbocycles. The molecule has 0 aliphatic heterocycles. The van der Waals surface area contributed by atoms with Crippen LogP contribution in [0, 0.1) is 11.5 Å². The zero-order valence-electron chi connectivity index (χ0n) is 6.20. The molecule has 0 radical (unpaired) electrons. The normalized spacial score (nSPS) is 10.4. The Bertz CT molecular complexity index is 204. The first kappa shape index (κ1) is 9.43. The minimum absolute atomic E-state index is 0.0718. The third kappa shape index (κ3) is 4.90. The molecule has 60 valence electrons. The van der Waals surface area contributed by atoms with Gasteiger partial charge in [-0.1, -0.05) is 0 Å². The van der Waals surface area contributed by atoms with Gasteiger partial charge in [0.1, 0.15) is 6.42 Å². The molecular weight excluding hydrogens is 146 g/mol. The van der Waals surface area contributed by atoms with E-state index in [-0.39, 0.29) is 12.3 Å². The minimum Gasteiger partial charge on any atom is -0.480 e. The van der Waals surface area contributed by atoms with E-state index in [0.717, 1.165) is 0 Å². The highest BCUT2D eigenvalue weighted by molar-refractivity contribution is 5.96. The molecule has 1 amide bonds. The van der Waals surface area contributed by atoms with E-state index in [9.17, 15) is 4.79 Å². The summed E-state index contributed by atoms with van der Waals surface area (Å²) < 4.78 is 4.82. The average molecular weight is 155 g/mol. The highest BCUT2D eigenvalue weighted by Gasteiger charge is 2.03. The van der Waals surface area contributed by atoms with E-state index in [0.29, 0.717) is 6.61 Å². The van der Waals surface area contributed by atoms with Crippen molar-refractivity contribution in [3.63, 3.8) is 0 Å². The number of nitriles is 1. The summed E-state index contributed by atoms with van der Waals surface area (Å²) in [6, 6.07) is 0. The van der Waals surface area contributed by atoms with Crippen LogP contribution in [-0.4, -0.2) is 18.4 Å². The average Bonchev–Trinajstić information content (AvgIpc) is 1.87. The molecule has 0 spiro atoms. The van der Waals surface area contributed by atoms with E-state index < -0.39 is 5.91 Å². The van der Waals surface area contributed by atoms with E-state index in [1.54, 1.807) is 6.92 Å². The first-order chi connectivity index (χ1) is 5.20. The number of hydrogen-bond donors (Lipinski definition) is 1. The molecule has 0 bridgehead atoms. The smallest absolute Gasteiger partial charge is 0.226 e. The molecule has 0 saturated heterocycles. The molecular formula is C6H9N3O2. The maximum Gasteiger partial charge on any atom is 0.226 e. The largest absolute Gasteiger partial charge is 0.480 e. The van der Waals surface area contributed by atoms with Gasteiger partial charge < -0.3 is 10.5 Å². The Morgan fingerprint density at radius 3 is 2.82 bits per heavy atom. The van der Waals surface area contributed by atoms with Crippen LogP contribution in [0.2, 0.25) is 0 Å². The summed E-state index contributed by atoms with van der Waals surface area (Å²) in [6.45, 7) is 2.10. The Labute approximate surface area is 64.5 Å². The Kier molecular flexibility index (Phi) is 4.49. The topological polar surface area (TPSA) is 88.5 Å². The van der Waals surface area contributed by atoms with Crippen molar-refractivity contribution in [1.82, 2.24) is 0 Å². The van der Waals surface area contributed by atoms with E-state index in [1.165, 1.54) is 6.19 Å². The van der Waals surface area contributed by atoms with E-state index >= 15 is 0 Å². The Morgan fingerprint density at radius 1 is 1.82 bits per heavy atom. The Balaban J connectivity index is 4.02. The summed E-state index contributed by atoms with van der Waals surface area (Å²) in [7, 11) is 0. The molecule has 5 heteroatoms. The number of ether oxygens (including phenoxy) is 1. The maximum absolute atomic E-state index is 10.3. The fourth-order valence-corrected chi connectivity index (χ4v) is 0.494. The molecule has 0 aromatic rings. The second-order valence-corrected chi connectivity index (χ2v) is 1.68. The fourth-order valence-electron chi connectivity index (χ4n) is 0.494.